The predicted octanol–water partition coefficient (Wildman–Crippen LogP) is 1.16. The van der Waals surface area contributed by atoms with Gasteiger partial charge in [0.15, 0.2) is 0 Å². The first-order valence-electron chi connectivity index (χ1n) is 5.88. The van der Waals surface area contributed by atoms with Crippen LogP contribution in [0.15, 0.2) is 0 Å². The number of nitrogen functional groups attached to an aromatic ring is 1. The van der Waals surface area contributed by atoms with Crippen LogP contribution in [0.2, 0.25) is 0 Å². The third-order valence-corrected chi connectivity index (χ3v) is 3.06. The van der Waals surface area contributed by atoms with E-state index in [1.807, 2.05) is 11.7 Å². The maximum Gasteiger partial charge on any atom is 0.147 e. The van der Waals surface area contributed by atoms with E-state index in [0.717, 1.165) is 49.7 Å². The van der Waals surface area contributed by atoms with Crippen molar-refractivity contribution < 1.29 is 4.74 Å². The summed E-state index contributed by atoms with van der Waals surface area (Å²) in [5.74, 6) is 0.948. The second-order valence-corrected chi connectivity index (χ2v) is 4.22. The van der Waals surface area contributed by atoms with Gasteiger partial charge < -0.3 is 15.8 Å². The Bertz CT molecular complexity index is 355. The number of rotatable bonds is 3. The van der Waals surface area contributed by atoms with Crippen molar-refractivity contribution in [2.45, 2.75) is 32.2 Å². The van der Waals surface area contributed by atoms with Gasteiger partial charge in [-0.05, 0) is 19.3 Å². The average molecular weight is 224 g/mol. The third-order valence-electron chi connectivity index (χ3n) is 3.06. The van der Waals surface area contributed by atoms with E-state index in [9.17, 15) is 0 Å². The minimum absolute atomic E-state index is 0.455. The second-order valence-electron chi connectivity index (χ2n) is 4.22. The largest absolute Gasteiger partial charge is 0.394 e. The Hall–Kier alpha value is -1.23. The normalized spacial score (nSPS) is 17.6. The van der Waals surface area contributed by atoms with Gasteiger partial charge in [0.1, 0.15) is 5.82 Å². The molecule has 0 atom stereocenters. The molecule has 0 aliphatic carbocycles. The van der Waals surface area contributed by atoms with Crippen molar-refractivity contribution >= 4 is 11.5 Å². The first kappa shape index (κ1) is 11.3. The Balaban J connectivity index is 2.10. The summed E-state index contributed by atoms with van der Waals surface area (Å²) in [5, 5.41) is 7.86. The van der Waals surface area contributed by atoms with E-state index in [2.05, 4.69) is 17.3 Å². The molecule has 1 aromatic heterocycles. The van der Waals surface area contributed by atoms with Crippen molar-refractivity contribution in [2.24, 2.45) is 7.05 Å². The van der Waals surface area contributed by atoms with Crippen LogP contribution >= 0.6 is 0 Å². The summed E-state index contributed by atoms with van der Waals surface area (Å²) in [7, 11) is 1.93. The number of aryl methyl sites for hydroxylation is 2. The summed E-state index contributed by atoms with van der Waals surface area (Å²) in [4.78, 5) is 0. The fraction of sp³-hybridized carbons (Fsp3) is 0.727. The molecule has 5 heteroatoms. The van der Waals surface area contributed by atoms with Gasteiger partial charge >= 0.3 is 0 Å². The Labute approximate surface area is 96.0 Å². The summed E-state index contributed by atoms with van der Waals surface area (Å²) < 4.78 is 7.17. The predicted molar refractivity (Wildman–Crippen MR) is 64.5 cm³/mol. The van der Waals surface area contributed by atoms with Crippen molar-refractivity contribution in [1.29, 1.82) is 0 Å². The smallest absolute Gasteiger partial charge is 0.147 e. The Morgan fingerprint density at radius 2 is 2.19 bits per heavy atom. The van der Waals surface area contributed by atoms with Crippen LogP contribution in [0.25, 0.3) is 0 Å². The van der Waals surface area contributed by atoms with Gasteiger partial charge in [-0.1, -0.05) is 6.92 Å². The second kappa shape index (κ2) is 4.74. The summed E-state index contributed by atoms with van der Waals surface area (Å²) in [5.41, 5.74) is 7.81. The minimum Gasteiger partial charge on any atom is -0.394 e. The van der Waals surface area contributed by atoms with Gasteiger partial charge in [-0.25, -0.2) is 0 Å². The Morgan fingerprint density at radius 3 is 2.75 bits per heavy atom. The fourth-order valence-electron chi connectivity index (χ4n) is 2.06. The molecule has 0 aromatic carbocycles. The average Bonchev–Trinajstić information content (AvgIpc) is 2.58. The first-order valence-corrected chi connectivity index (χ1v) is 5.88. The van der Waals surface area contributed by atoms with Crippen LogP contribution in [0.5, 0.6) is 0 Å². The fourth-order valence-corrected chi connectivity index (χ4v) is 2.06. The lowest BCUT2D eigenvalue weighted by Crippen LogP contribution is -2.29. The summed E-state index contributed by atoms with van der Waals surface area (Å²) in [6.45, 7) is 3.73. The molecule has 3 N–H and O–H groups in total. The highest BCUT2D eigenvalue weighted by molar-refractivity contribution is 5.65. The molecule has 2 heterocycles. The number of nitrogens with two attached hydrogens (primary N) is 1. The molecule has 1 fully saturated rings. The zero-order valence-electron chi connectivity index (χ0n) is 9.99. The third kappa shape index (κ3) is 2.14. The highest BCUT2D eigenvalue weighted by atomic mass is 16.5. The molecule has 0 spiro atoms. The Kier molecular flexibility index (Phi) is 3.33. The number of hydrogen-bond donors (Lipinski definition) is 2. The Morgan fingerprint density at radius 1 is 1.50 bits per heavy atom. The van der Waals surface area contributed by atoms with E-state index in [0.29, 0.717) is 6.04 Å². The lowest BCUT2D eigenvalue weighted by atomic mass is 10.1. The van der Waals surface area contributed by atoms with Crippen molar-refractivity contribution in [1.82, 2.24) is 9.78 Å². The SMILES string of the molecule is CCc1nn(C)c(NC2CCOCC2)c1N. The van der Waals surface area contributed by atoms with Crippen molar-refractivity contribution in [3.63, 3.8) is 0 Å². The number of ether oxygens (including phenoxy) is 1. The monoisotopic (exact) mass is 224 g/mol. The van der Waals surface area contributed by atoms with Crippen molar-refractivity contribution in [2.75, 3.05) is 24.3 Å². The number of anilines is 2. The van der Waals surface area contributed by atoms with Crippen LogP contribution in [-0.2, 0) is 18.2 Å². The van der Waals surface area contributed by atoms with E-state index >= 15 is 0 Å². The van der Waals surface area contributed by atoms with E-state index in [-0.39, 0.29) is 0 Å². The number of hydrogen-bond acceptors (Lipinski definition) is 4. The first-order chi connectivity index (χ1) is 7.72. The van der Waals surface area contributed by atoms with Gasteiger partial charge in [0.25, 0.3) is 0 Å². The van der Waals surface area contributed by atoms with Gasteiger partial charge in [0.05, 0.1) is 11.4 Å². The molecule has 1 aromatic rings. The van der Waals surface area contributed by atoms with Gasteiger partial charge in [0, 0.05) is 26.3 Å². The highest BCUT2D eigenvalue weighted by Crippen LogP contribution is 2.24. The van der Waals surface area contributed by atoms with E-state index < -0.39 is 0 Å². The molecule has 5 nitrogen and oxygen atoms in total. The molecule has 16 heavy (non-hydrogen) atoms. The lowest BCUT2D eigenvalue weighted by Gasteiger charge is -2.24. The van der Waals surface area contributed by atoms with Crippen LogP contribution in [-0.4, -0.2) is 29.0 Å². The van der Waals surface area contributed by atoms with Gasteiger partial charge in [-0.3, -0.25) is 4.68 Å². The lowest BCUT2D eigenvalue weighted by molar-refractivity contribution is 0.0903. The molecule has 2 rings (SSSR count). The van der Waals surface area contributed by atoms with Crippen LogP contribution in [0.3, 0.4) is 0 Å². The summed E-state index contributed by atoms with van der Waals surface area (Å²) in [6, 6.07) is 0.455. The quantitative estimate of drug-likeness (QED) is 0.808. The molecule has 0 radical (unpaired) electrons. The molecular formula is C11H20N4O. The van der Waals surface area contributed by atoms with Gasteiger partial charge in [0.2, 0.25) is 0 Å². The van der Waals surface area contributed by atoms with E-state index in [1.54, 1.807) is 0 Å². The zero-order chi connectivity index (χ0) is 11.5. The molecule has 0 saturated carbocycles. The molecule has 1 saturated heterocycles. The zero-order valence-corrected chi connectivity index (χ0v) is 9.99. The minimum atomic E-state index is 0.455. The molecule has 0 unspecified atom stereocenters. The standard InChI is InChI=1S/C11H20N4O/c1-3-9-10(12)11(15(2)14-9)13-8-4-6-16-7-5-8/h8,13H,3-7,12H2,1-2H3. The molecule has 0 bridgehead atoms. The molecule has 1 aliphatic heterocycles. The summed E-state index contributed by atoms with van der Waals surface area (Å²) >= 11 is 0. The van der Waals surface area contributed by atoms with Crippen molar-refractivity contribution in [3.8, 4) is 0 Å². The molecular weight excluding hydrogens is 204 g/mol. The van der Waals surface area contributed by atoms with Crippen LogP contribution in [0.1, 0.15) is 25.5 Å². The molecule has 0 amide bonds. The van der Waals surface area contributed by atoms with E-state index in [4.69, 9.17) is 10.5 Å². The van der Waals surface area contributed by atoms with Gasteiger partial charge in [-0.2, -0.15) is 5.10 Å². The number of nitrogens with one attached hydrogen (secondary N) is 1. The van der Waals surface area contributed by atoms with E-state index in [1.165, 1.54) is 0 Å². The molecule has 90 valence electrons. The van der Waals surface area contributed by atoms with Crippen molar-refractivity contribution in [3.05, 3.63) is 5.69 Å². The van der Waals surface area contributed by atoms with Crippen LogP contribution < -0.4 is 11.1 Å². The number of nitrogens with zero attached hydrogens (tertiary/aromatic N) is 2. The maximum absolute atomic E-state index is 6.05. The van der Waals surface area contributed by atoms with Crippen LogP contribution in [0, 0.1) is 0 Å². The molecule has 1 aliphatic rings. The summed E-state index contributed by atoms with van der Waals surface area (Å²) in [6.07, 6.45) is 2.94. The maximum atomic E-state index is 6.05. The highest BCUT2D eigenvalue weighted by Gasteiger charge is 2.18. The van der Waals surface area contributed by atoms with Gasteiger partial charge in [-0.15, -0.1) is 0 Å². The number of aromatic nitrogens is 2. The van der Waals surface area contributed by atoms with Crippen LogP contribution in [0.4, 0.5) is 11.5 Å². The topological polar surface area (TPSA) is 65.1 Å².